The number of hydrogen-bond acceptors (Lipinski definition) is 8. The maximum absolute atomic E-state index is 14.0. The molecule has 0 spiro atoms. The van der Waals surface area contributed by atoms with Crippen LogP contribution in [-0.4, -0.2) is 22.1 Å². The van der Waals surface area contributed by atoms with Gasteiger partial charge in [-0.3, -0.25) is 19.5 Å². The van der Waals surface area contributed by atoms with Crippen molar-refractivity contribution in [2.45, 2.75) is 33.4 Å². The Kier molecular flexibility index (Phi) is 9.09. The van der Waals surface area contributed by atoms with E-state index in [9.17, 15) is 19.7 Å². The molecule has 0 N–H and O–H groups in total. The summed E-state index contributed by atoms with van der Waals surface area (Å²) in [5.41, 5.74) is 3.70. The molecule has 220 valence electrons. The van der Waals surface area contributed by atoms with Crippen molar-refractivity contribution in [2.24, 2.45) is 4.99 Å². The lowest BCUT2D eigenvalue weighted by Crippen LogP contribution is -2.39. The SMILES string of the molecule is CCOC(=O)C1=C(C)N=c2s/c(=C\c3cc(Br)cc(Br)c3OCc3ccc([N+](=O)[O-])cc3)c(=O)n2[C@@H]1c1ccc(C)cc1. The standard InChI is InChI=1S/C31H25Br2N3O6S/c1-4-41-30(38)26-18(3)34-31-35(27(26)20-9-5-17(2)6-10-20)29(37)25(43-31)14-21-13-22(32)15-24(33)28(21)42-16-19-7-11-23(12-8-19)36(39)40/h5-15,27H,4,16H2,1-3H3/b25-14-/t27-/m1/s1. The van der Waals surface area contributed by atoms with Crippen LogP contribution in [0.3, 0.4) is 0 Å². The number of hydrogen-bond donors (Lipinski definition) is 0. The van der Waals surface area contributed by atoms with Crippen LogP contribution in [0.5, 0.6) is 5.75 Å². The fourth-order valence-electron chi connectivity index (χ4n) is 4.71. The molecule has 2 heterocycles. The number of carbonyl (C=O) groups is 1. The number of fused-ring (bicyclic) bond motifs is 1. The van der Waals surface area contributed by atoms with Crippen molar-refractivity contribution < 1.29 is 19.2 Å². The van der Waals surface area contributed by atoms with Gasteiger partial charge in [0.15, 0.2) is 4.80 Å². The third kappa shape index (κ3) is 6.41. The molecule has 5 rings (SSSR count). The summed E-state index contributed by atoms with van der Waals surface area (Å²) in [4.78, 5) is 42.8. The number of nitro groups is 1. The van der Waals surface area contributed by atoms with Gasteiger partial charge in [0.05, 0.1) is 37.8 Å². The first kappa shape index (κ1) is 30.6. The highest BCUT2D eigenvalue weighted by atomic mass is 79.9. The van der Waals surface area contributed by atoms with Crippen LogP contribution in [0, 0.1) is 17.0 Å². The van der Waals surface area contributed by atoms with Gasteiger partial charge >= 0.3 is 5.97 Å². The van der Waals surface area contributed by atoms with E-state index >= 15 is 0 Å². The van der Waals surface area contributed by atoms with Crippen molar-refractivity contribution in [3.8, 4) is 5.75 Å². The number of aromatic nitrogens is 1. The highest BCUT2D eigenvalue weighted by Gasteiger charge is 2.33. The van der Waals surface area contributed by atoms with Crippen molar-refractivity contribution in [2.75, 3.05) is 6.61 Å². The van der Waals surface area contributed by atoms with E-state index in [-0.39, 0.29) is 24.5 Å². The van der Waals surface area contributed by atoms with Gasteiger partial charge in [0.2, 0.25) is 0 Å². The van der Waals surface area contributed by atoms with Gasteiger partial charge in [-0.2, -0.15) is 0 Å². The fourth-order valence-corrected chi connectivity index (χ4v) is 7.12. The van der Waals surface area contributed by atoms with Crippen LogP contribution < -0.4 is 19.6 Å². The topological polar surface area (TPSA) is 113 Å². The van der Waals surface area contributed by atoms with E-state index in [4.69, 9.17) is 9.47 Å². The first-order valence-corrected chi connectivity index (χ1v) is 15.6. The number of allylic oxidation sites excluding steroid dienone is 1. The van der Waals surface area contributed by atoms with E-state index < -0.39 is 16.9 Å². The fraction of sp³-hybridized carbons (Fsp3) is 0.194. The minimum atomic E-state index is -0.704. The molecule has 4 aromatic rings. The summed E-state index contributed by atoms with van der Waals surface area (Å²) in [5.74, 6) is -0.0210. The van der Waals surface area contributed by atoms with Gasteiger partial charge in [0.1, 0.15) is 12.4 Å². The van der Waals surface area contributed by atoms with Gasteiger partial charge in [0, 0.05) is 22.2 Å². The molecule has 1 aliphatic rings. The van der Waals surface area contributed by atoms with Crippen molar-refractivity contribution in [3.05, 3.63) is 133 Å². The lowest BCUT2D eigenvalue weighted by Gasteiger charge is -2.24. The normalized spacial score (nSPS) is 14.7. The summed E-state index contributed by atoms with van der Waals surface area (Å²) < 4.78 is 14.9. The Bertz CT molecular complexity index is 1950. The molecule has 43 heavy (non-hydrogen) atoms. The molecule has 1 aromatic heterocycles. The van der Waals surface area contributed by atoms with Gasteiger partial charge in [-0.25, -0.2) is 9.79 Å². The van der Waals surface area contributed by atoms with E-state index in [0.29, 0.717) is 36.4 Å². The van der Waals surface area contributed by atoms with E-state index in [1.165, 1.54) is 23.5 Å². The zero-order valence-corrected chi connectivity index (χ0v) is 27.3. The van der Waals surface area contributed by atoms with Crippen LogP contribution in [0.1, 0.15) is 42.1 Å². The molecule has 1 aliphatic heterocycles. The molecule has 12 heteroatoms. The lowest BCUT2D eigenvalue weighted by atomic mass is 9.95. The number of ether oxygens (including phenoxy) is 2. The highest BCUT2D eigenvalue weighted by Crippen LogP contribution is 2.35. The Morgan fingerprint density at radius 2 is 1.81 bits per heavy atom. The second-order valence-electron chi connectivity index (χ2n) is 9.73. The molecule has 3 aromatic carbocycles. The van der Waals surface area contributed by atoms with Crippen molar-refractivity contribution in [1.29, 1.82) is 0 Å². The Balaban J connectivity index is 1.60. The summed E-state index contributed by atoms with van der Waals surface area (Å²) in [6, 6.07) is 16.8. The molecule has 0 radical (unpaired) electrons. The Morgan fingerprint density at radius 3 is 2.47 bits per heavy atom. The maximum Gasteiger partial charge on any atom is 0.338 e. The molecule has 1 atom stereocenters. The van der Waals surface area contributed by atoms with E-state index in [1.807, 2.05) is 43.3 Å². The third-order valence-corrected chi connectivity index (χ3v) is 8.79. The summed E-state index contributed by atoms with van der Waals surface area (Å²) in [6.07, 6.45) is 1.74. The smallest absolute Gasteiger partial charge is 0.338 e. The van der Waals surface area contributed by atoms with Gasteiger partial charge in [-0.15, -0.1) is 0 Å². The molecular weight excluding hydrogens is 702 g/mol. The van der Waals surface area contributed by atoms with Crippen LogP contribution in [0.2, 0.25) is 0 Å². The van der Waals surface area contributed by atoms with Crippen molar-refractivity contribution in [1.82, 2.24) is 4.57 Å². The van der Waals surface area contributed by atoms with Crippen LogP contribution in [0.4, 0.5) is 5.69 Å². The average Bonchev–Trinajstić information content (AvgIpc) is 3.26. The van der Waals surface area contributed by atoms with Crippen molar-refractivity contribution >= 4 is 60.9 Å². The van der Waals surface area contributed by atoms with Crippen LogP contribution in [0.25, 0.3) is 6.08 Å². The van der Waals surface area contributed by atoms with Gasteiger partial charge in [-0.05, 0) is 78.2 Å². The number of halogens is 2. The molecule has 9 nitrogen and oxygen atoms in total. The Morgan fingerprint density at radius 1 is 1.12 bits per heavy atom. The molecule has 0 saturated heterocycles. The predicted octanol–water partition coefficient (Wildman–Crippen LogP) is 6.12. The molecule has 0 bridgehead atoms. The Labute approximate surface area is 267 Å². The van der Waals surface area contributed by atoms with E-state index in [2.05, 4.69) is 36.9 Å². The largest absolute Gasteiger partial charge is 0.487 e. The maximum atomic E-state index is 14.0. The number of non-ortho nitro benzene ring substituents is 1. The third-order valence-electron chi connectivity index (χ3n) is 6.76. The monoisotopic (exact) mass is 725 g/mol. The number of benzene rings is 3. The minimum Gasteiger partial charge on any atom is -0.487 e. The zero-order chi connectivity index (χ0) is 30.8. The second-order valence-corrected chi connectivity index (χ2v) is 12.5. The second kappa shape index (κ2) is 12.8. The molecule has 0 aliphatic carbocycles. The zero-order valence-electron chi connectivity index (χ0n) is 23.3. The first-order chi connectivity index (χ1) is 20.6. The minimum absolute atomic E-state index is 0.00470. The average molecular weight is 727 g/mol. The molecule has 0 saturated carbocycles. The molecule has 0 unspecified atom stereocenters. The van der Waals surface area contributed by atoms with Crippen LogP contribution in [0.15, 0.2) is 90.7 Å². The van der Waals surface area contributed by atoms with E-state index in [0.717, 1.165) is 21.2 Å². The van der Waals surface area contributed by atoms with Crippen molar-refractivity contribution in [3.63, 3.8) is 0 Å². The number of esters is 1. The number of nitro benzene ring substituents is 1. The molecule has 0 fully saturated rings. The van der Waals surface area contributed by atoms with Crippen LogP contribution in [-0.2, 0) is 16.1 Å². The summed E-state index contributed by atoms with van der Waals surface area (Å²) in [5, 5.41) is 11.0. The summed E-state index contributed by atoms with van der Waals surface area (Å²) in [7, 11) is 0. The summed E-state index contributed by atoms with van der Waals surface area (Å²) in [6.45, 7) is 5.80. The van der Waals surface area contributed by atoms with Crippen LogP contribution >= 0.6 is 43.2 Å². The number of carbonyl (C=O) groups excluding carboxylic acids is 1. The Hall–Kier alpha value is -3.87. The number of rotatable bonds is 8. The number of thiazole rings is 1. The summed E-state index contributed by atoms with van der Waals surface area (Å²) >= 11 is 8.30. The predicted molar refractivity (Wildman–Crippen MR) is 171 cm³/mol. The van der Waals surface area contributed by atoms with Gasteiger partial charge in [-0.1, -0.05) is 57.1 Å². The molecular formula is C31H25Br2N3O6S. The molecule has 0 amide bonds. The number of nitrogens with zero attached hydrogens (tertiary/aromatic N) is 3. The van der Waals surface area contributed by atoms with E-state index in [1.54, 1.807) is 36.6 Å². The van der Waals surface area contributed by atoms with Gasteiger partial charge in [0.25, 0.3) is 11.2 Å². The first-order valence-electron chi connectivity index (χ1n) is 13.2. The number of aryl methyl sites for hydroxylation is 1. The lowest BCUT2D eigenvalue weighted by molar-refractivity contribution is -0.384. The highest BCUT2D eigenvalue weighted by molar-refractivity contribution is 9.11. The van der Waals surface area contributed by atoms with Gasteiger partial charge < -0.3 is 9.47 Å². The quantitative estimate of drug-likeness (QED) is 0.123.